The van der Waals surface area contributed by atoms with Crippen molar-refractivity contribution in [3.8, 4) is 0 Å². The predicted molar refractivity (Wildman–Crippen MR) is 124 cm³/mol. The van der Waals surface area contributed by atoms with Gasteiger partial charge in [0, 0.05) is 48.0 Å². The Hall–Kier alpha value is -3.08. The molecule has 1 aromatic heterocycles. The molecule has 0 aliphatic carbocycles. The molecule has 154 valence electrons. The molecule has 1 fully saturated rings. The fraction of sp³-hybridized carbons (Fsp3) is 0.360. The molecule has 1 atom stereocenters. The van der Waals surface area contributed by atoms with Gasteiger partial charge in [-0.05, 0) is 75.4 Å². The van der Waals surface area contributed by atoms with E-state index in [9.17, 15) is 0 Å². The second kappa shape index (κ2) is 7.98. The van der Waals surface area contributed by atoms with E-state index < -0.39 is 0 Å². The van der Waals surface area contributed by atoms with E-state index in [1.54, 1.807) is 0 Å². The number of hydrogen-bond acceptors (Lipinski definition) is 5. The van der Waals surface area contributed by atoms with E-state index in [0.29, 0.717) is 6.04 Å². The molecule has 0 radical (unpaired) electrons. The molecule has 5 nitrogen and oxygen atoms in total. The van der Waals surface area contributed by atoms with E-state index in [0.717, 1.165) is 42.7 Å². The molecule has 3 aromatic rings. The number of nitrogens with zero attached hydrogens (tertiary/aromatic N) is 4. The lowest BCUT2D eigenvalue weighted by molar-refractivity contribution is 0.578. The quantitative estimate of drug-likeness (QED) is 0.618. The summed E-state index contributed by atoms with van der Waals surface area (Å²) in [4.78, 5) is 14.4. The van der Waals surface area contributed by atoms with Crippen LogP contribution in [0.2, 0.25) is 0 Å². The molecular weight excluding hydrogens is 370 g/mol. The molecule has 5 rings (SSSR count). The second-order valence-electron chi connectivity index (χ2n) is 8.47. The molecule has 3 heterocycles. The maximum Gasteiger partial charge on any atom is 0.232 e. The van der Waals surface area contributed by atoms with E-state index in [1.165, 1.54) is 36.2 Å². The lowest BCUT2D eigenvalue weighted by atomic mass is 10.1. The number of nitrogens with one attached hydrogen (secondary N) is 1. The SMILES string of the molecule is Cc1cc(Nc2ccc(N3CCCCC3)cc2)nc(N2c3ccccc3CC2C)n1. The summed E-state index contributed by atoms with van der Waals surface area (Å²) in [5, 5.41) is 3.48. The third-order valence-electron chi connectivity index (χ3n) is 6.13. The van der Waals surface area contributed by atoms with E-state index in [1.807, 2.05) is 13.0 Å². The topological polar surface area (TPSA) is 44.3 Å². The zero-order valence-corrected chi connectivity index (χ0v) is 17.8. The Morgan fingerprint density at radius 2 is 1.70 bits per heavy atom. The minimum atomic E-state index is 0.348. The Bertz CT molecular complexity index is 1020. The number of aromatic nitrogens is 2. The molecule has 2 aliphatic heterocycles. The highest BCUT2D eigenvalue weighted by molar-refractivity contribution is 5.69. The van der Waals surface area contributed by atoms with Crippen molar-refractivity contribution in [1.29, 1.82) is 0 Å². The second-order valence-corrected chi connectivity index (χ2v) is 8.47. The lowest BCUT2D eigenvalue weighted by Crippen LogP contribution is -2.29. The number of para-hydroxylation sites is 1. The Morgan fingerprint density at radius 3 is 2.50 bits per heavy atom. The monoisotopic (exact) mass is 399 g/mol. The lowest BCUT2D eigenvalue weighted by Gasteiger charge is -2.28. The van der Waals surface area contributed by atoms with Crippen molar-refractivity contribution < 1.29 is 0 Å². The molecule has 2 aliphatic rings. The maximum absolute atomic E-state index is 4.87. The summed E-state index contributed by atoms with van der Waals surface area (Å²) < 4.78 is 0. The highest BCUT2D eigenvalue weighted by Gasteiger charge is 2.29. The minimum absolute atomic E-state index is 0.348. The molecule has 0 amide bonds. The molecule has 30 heavy (non-hydrogen) atoms. The number of piperidine rings is 1. The van der Waals surface area contributed by atoms with Crippen molar-refractivity contribution in [1.82, 2.24) is 9.97 Å². The highest BCUT2D eigenvalue weighted by atomic mass is 15.3. The van der Waals surface area contributed by atoms with Gasteiger partial charge in [0.25, 0.3) is 0 Å². The highest BCUT2D eigenvalue weighted by Crippen LogP contribution is 2.37. The Morgan fingerprint density at radius 1 is 0.933 bits per heavy atom. The van der Waals surface area contributed by atoms with Crippen LogP contribution in [0.3, 0.4) is 0 Å². The van der Waals surface area contributed by atoms with Crippen molar-refractivity contribution in [3.05, 3.63) is 65.9 Å². The van der Waals surface area contributed by atoms with Gasteiger partial charge in [-0.25, -0.2) is 4.98 Å². The van der Waals surface area contributed by atoms with Gasteiger partial charge in [0.1, 0.15) is 5.82 Å². The van der Waals surface area contributed by atoms with E-state index in [2.05, 4.69) is 70.6 Å². The molecule has 0 saturated carbocycles. The van der Waals surface area contributed by atoms with Crippen LogP contribution in [0.1, 0.15) is 37.4 Å². The van der Waals surface area contributed by atoms with Gasteiger partial charge in [-0.2, -0.15) is 4.98 Å². The van der Waals surface area contributed by atoms with Gasteiger partial charge in [-0.1, -0.05) is 18.2 Å². The largest absolute Gasteiger partial charge is 0.372 e. The third kappa shape index (κ3) is 3.72. The standard InChI is InChI=1S/C25H29N5/c1-18-16-24(27-21-10-12-22(13-11-21)29-14-6-3-7-15-29)28-25(26-18)30-19(2)17-20-8-4-5-9-23(20)30/h4-5,8-13,16,19H,3,6-7,14-15,17H2,1-2H3,(H,26,27,28). The molecule has 1 saturated heterocycles. The van der Waals surface area contributed by atoms with Crippen LogP contribution in [-0.2, 0) is 6.42 Å². The molecule has 0 bridgehead atoms. The Balaban J connectivity index is 1.38. The van der Waals surface area contributed by atoms with E-state index in [4.69, 9.17) is 9.97 Å². The molecular formula is C25H29N5. The third-order valence-corrected chi connectivity index (χ3v) is 6.13. The first-order valence-electron chi connectivity index (χ1n) is 11.0. The van der Waals surface area contributed by atoms with Crippen molar-refractivity contribution in [3.63, 3.8) is 0 Å². The number of anilines is 5. The molecule has 0 spiro atoms. The summed E-state index contributed by atoms with van der Waals surface area (Å²) in [6.45, 7) is 6.59. The summed E-state index contributed by atoms with van der Waals surface area (Å²) in [7, 11) is 0. The van der Waals surface area contributed by atoms with Crippen LogP contribution >= 0.6 is 0 Å². The summed E-state index contributed by atoms with van der Waals surface area (Å²) >= 11 is 0. The molecule has 2 aromatic carbocycles. The smallest absolute Gasteiger partial charge is 0.232 e. The summed E-state index contributed by atoms with van der Waals surface area (Å²) in [5.41, 5.74) is 5.89. The number of aryl methyl sites for hydroxylation is 1. The maximum atomic E-state index is 4.87. The van der Waals surface area contributed by atoms with Crippen molar-refractivity contribution in [2.45, 2.75) is 45.6 Å². The fourth-order valence-corrected chi connectivity index (χ4v) is 4.65. The predicted octanol–water partition coefficient (Wildman–Crippen LogP) is 5.60. The van der Waals surface area contributed by atoms with Gasteiger partial charge in [0.2, 0.25) is 5.95 Å². The summed E-state index contributed by atoms with van der Waals surface area (Å²) in [5.74, 6) is 1.60. The Labute approximate surface area is 178 Å². The minimum Gasteiger partial charge on any atom is -0.372 e. The van der Waals surface area contributed by atoms with Gasteiger partial charge in [-0.3, -0.25) is 0 Å². The summed E-state index contributed by atoms with van der Waals surface area (Å²) in [6.07, 6.45) is 4.96. The number of hydrogen-bond donors (Lipinski definition) is 1. The number of rotatable bonds is 4. The fourth-order valence-electron chi connectivity index (χ4n) is 4.65. The van der Waals surface area contributed by atoms with E-state index in [-0.39, 0.29) is 0 Å². The molecule has 5 heteroatoms. The van der Waals surface area contributed by atoms with Crippen LogP contribution in [0, 0.1) is 6.92 Å². The van der Waals surface area contributed by atoms with Gasteiger partial charge in [0.15, 0.2) is 0 Å². The van der Waals surface area contributed by atoms with Crippen LogP contribution in [0.5, 0.6) is 0 Å². The van der Waals surface area contributed by atoms with Crippen LogP contribution < -0.4 is 15.1 Å². The average Bonchev–Trinajstić information content (AvgIpc) is 3.10. The molecule has 1 unspecified atom stereocenters. The van der Waals surface area contributed by atoms with Crippen LogP contribution in [0.25, 0.3) is 0 Å². The first kappa shape index (κ1) is 18.9. The van der Waals surface area contributed by atoms with Crippen LogP contribution in [0.4, 0.5) is 28.8 Å². The van der Waals surface area contributed by atoms with Crippen LogP contribution in [-0.4, -0.2) is 29.1 Å². The zero-order chi connectivity index (χ0) is 20.5. The first-order valence-corrected chi connectivity index (χ1v) is 11.0. The average molecular weight is 400 g/mol. The van der Waals surface area contributed by atoms with Crippen molar-refractivity contribution in [2.24, 2.45) is 0 Å². The first-order chi connectivity index (χ1) is 14.7. The van der Waals surface area contributed by atoms with Gasteiger partial charge in [-0.15, -0.1) is 0 Å². The summed E-state index contributed by atoms with van der Waals surface area (Å²) in [6, 6.07) is 19.6. The normalized spacial score (nSPS) is 18.4. The van der Waals surface area contributed by atoms with Gasteiger partial charge >= 0.3 is 0 Å². The van der Waals surface area contributed by atoms with Crippen molar-refractivity contribution in [2.75, 3.05) is 28.2 Å². The van der Waals surface area contributed by atoms with Gasteiger partial charge < -0.3 is 15.1 Å². The number of fused-ring (bicyclic) bond motifs is 1. The van der Waals surface area contributed by atoms with Crippen molar-refractivity contribution >= 4 is 28.8 Å². The van der Waals surface area contributed by atoms with Crippen LogP contribution in [0.15, 0.2) is 54.6 Å². The number of benzene rings is 2. The van der Waals surface area contributed by atoms with E-state index >= 15 is 0 Å². The van der Waals surface area contributed by atoms with Gasteiger partial charge in [0.05, 0.1) is 0 Å². The Kier molecular flexibility index (Phi) is 5.03. The molecule has 1 N–H and O–H groups in total. The zero-order valence-electron chi connectivity index (χ0n) is 17.8.